The Kier molecular flexibility index (Phi) is 3.86. The molecule has 1 aromatic carbocycles. The van der Waals surface area contributed by atoms with Crippen molar-refractivity contribution in [3.63, 3.8) is 0 Å². The van der Waals surface area contributed by atoms with E-state index in [1.807, 2.05) is 37.3 Å². The van der Waals surface area contributed by atoms with Crippen LogP contribution in [0.1, 0.15) is 24.0 Å². The predicted octanol–water partition coefficient (Wildman–Crippen LogP) is 0.618. The summed E-state index contributed by atoms with van der Waals surface area (Å²) in [5.74, 6) is -0.144. The van der Waals surface area contributed by atoms with Crippen LogP contribution in [-0.4, -0.2) is 50.6 Å². The summed E-state index contributed by atoms with van der Waals surface area (Å²) in [4.78, 5) is 29.8. The van der Waals surface area contributed by atoms with Crippen molar-refractivity contribution in [2.24, 2.45) is 0 Å². The molecule has 1 N–H and O–H groups in total. The second kappa shape index (κ2) is 5.97. The molecular weight excluding hydrogens is 282 g/mol. The van der Waals surface area contributed by atoms with Crippen molar-refractivity contribution >= 4 is 11.8 Å². The largest absolute Gasteiger partial charge is 0.354 e. The average molecular weight is 299 g/mol. The second-order valence-corrected chi connectivity index (χ2v) is 5.25. The van der Waals surface area contributed by atoms with Gasteiger partial charge in [-0.05, 0) is 19.1 Å². The molecule has 1 aliphatic rings. The van der Waals surface area contributed by atoms with Gasteiger partial charge in [-0.1, -0.05) is 18.2 Å². The molecule has 3 rings (SSSR count). The number of carbonyl (C=O) groups is 2. The van der Waals surface area contributed by atoms with Crippen LogP contribution in [0.25, 0.3) is 5.69 Å². The van der Waals surface area contributed by atoms with Crippen molar-refractivity contribution in [2.45, 2.75) is 19.4 Å². The van der Waals surface area contributed by atoms with E-state index in [-0.39, 0.29) is 23.7 Å². The molecule has 1 unspecified atom stereocenters. The van der Waals surface area contributed by atoms with Gasteiger partial charge in [0.15, 0.2) is 0 Å². The van der Waals surface area contributed by atoms with E-state index in [9.17, 15) is 9.59 Å². The molecule has 1 atom stereocenters. The summed E-state index contributed by atoms with van der Waals surface area (Å²) >= 11 is 0. The maximum absolute atomic E-state index is 12.6. The molecule has 2 aromatic rings. The Labute approximate surface area is 127 Å². The van der Waals surface area contributed by atoms with Gasteiger partial charge in [-0.15, -0.1) is 5.10 Å². The fraction of sp³-hybridized carbons (Fsp3) is 0.333. The summed E-state index contributed by atoms with van der Waals surface area (Å²) in [5, 5.41) is 7.01. The van der Waals surface area contributed by atoms with Crippen molar-refractivity contribution in [3.05, 3.63) is 42.5 Å². The minimum Gasteiger partial charge on any atom is -0.354 e. The van der Waals surface area contributed by atoms with Crippen LogP contribution in [0.2, 0.25) is 0 Å². The third-order valence-electron chi connectivity index (χ3n) is 3.65. The molecule has 0 bridgehead atoms. The van der Waals surface area contributed by atoms with E-state index < -0.39 is 0 Å². The van der Waals surface area contributed by atoms with E-state index in [1.165, 1.54) is 6.33 Å². The molecule has 7 nitrogen and oxygen atoms in total. The highest BCUT2D eigenvalue weighted by molar-refractivity contribution is 5.91. The van der Waals surface area contributed by atoms with Crippen LogP contribution in [0.4, 0.5) is 0 Å². The summed E-state index contributed by atoms with van der Waals surface area (Å²) in [6.45, 7) is 2.77. The van der Waals surface area contributed by atoms with Gasteiger partial charge >= 0.3 is 0 Å². The molecule has 0 saturated carbocycles. The smallest absolute Gasteiger partial charge is 0.293 e. The van der Waals surface area contributed by atoms with E-state index in [4.69, 9.17) is 0 Å². The maximum atomic E-state index is 12.6. The van der Waals surface area contributed by atoms with Crippen molar-refractivity contribution in [3.8, 4) is 5.69 Å². The molecule has 2 heterocycles. The minimum absolute atomic E-state index is 0.0365. The summed E-state index contributed by atoms with van der Waals surface area (Å²) in [6.07, 6.45) is 1.82. The lowest BCUT2D eigenvalue weighted by atomic mass is 10.2. The van der Waals surface area contributed by atoms with Gasteiger partial charge in [-0.25, -0.2) is 9.67 Å². The van der Waals surface area contributed by atoms with E-state index in [1.54, 1.807) is 9.58 Å². The minimum atomic E-state index is -0.251. The Morgan fingerprint density at radius 2 is 2.09 bits per heavy atom. The topological polar surface area (TPSA) is 80.1 Å². The lowest BCUT2D eigenvalue weighted by molar-refractivity contribution is -0.121. The Morgan fingerprint density at radius 1 is 1.32 bits per heavy atom. The molecule has 22 heavy (non-hydrogen) atoms. The van der Waals surface area contributed by atoms with Gasteiger partial charge in [0.2, 0.25) is 11.7 Å². The van der Waals surface area contributed by atoms with Crippen molar-refractivity contribution < 1.29 is 9.59 Å². The van der Waals surface area contributed by atoms with Crippen LogP contribution >= 0.6 is 0 Å². The lowest BCUT2D eigenvalue weighted by Gasteiger charge is -2.24. The van der Waals surface area contributed by atoms with Gasteiger partial charge in [-0.3, -0.25) is 9.59 Å². The Bertz CT molecular complexity index is 682. The number of aromatic nitrogens is 3. The zero-order chi connectivity index (χ0) is 15.5. The molecular formula is C15H17N5O2. The zero-order valence-electron chi connectivity index (χ0n) is 12.3. The molecule has 1 aliphatic heterocycles. The Balaban J connectivity index is 1.81. The number of amides is 2. The SMILES string of the molecule is CC1CC(=O)NCCN1C(=O)c1ncn(-c2ccccc2)n1. The highest BCUT2D eigenvalue weighted by Crippen LogP contribution is 2.11. The van der Waals surface area contributed by atoms with Gasteiger partial charge in [0.25, 0.3) is 5.91 Å². The fourth-order valence-electron chi connectivity index (χ4n) is 2.48. The standard InChI is InChI=1S/C15H17N5O2/c1-11-9-13(21)16-7-8-19(11)15(22)14-17-10-20(18-14)12-5-3-2-4-6-12/h2-6,10-11H,7-9H2,1H3,(H,16,21). The van der Waals surface area contributed by atoms with Gasteiger partial charge in [-0.2, -0.15) is 0 Å². The molecule has 0 spiro atoms. The highest BCUT2D eigenvalue weighted by Gasteiger charge is 2.28. The van der Waals surface area contributed by atoms with Crippen LogP contribution in [0.15, 0.2) is 36.7 Å². The van der Waals surface area contributed by atoms with E-state index in [2.05, 4.69) is 15.4 Å². The predicted molar refractivity (Wildman–Crippen MR) is 79.5 cm³/mol. The second-order valence-electron chi connectivity index (χ2n) is 5.25. The lowest BCUT2D eigenvalue weighted by Crippen LogP contribution is -2.40. The molecule has 0 radical (unpaired) electrons. The summed E-state index contributed by atoms with van der Waals surface area (Å²) in [6, 6.07) is 9.31. The molecule has 114 valence electrons. The van der Waals surface area contributed by atoms with Crippen LogP contribution in [0.3, 0.4) is 0 Å². The molecule has 1 saturated heterocycles. The molecule has 0 aliphatic carbocycles. The van der Waals surface area contributed by atoms with Crippen LogP contribution in [-0.2, 0) is 4.79 Å². The maximum Gasteiger partial charge on any atom is 0.293 e. The number of carbonyl (C=O) groups excluding carboxylic acids is 2. The quantitative estimate of drug-likeness (QED) is 0.881. The van der Waals surface area contributed by atoms with Crippen LogP contribution in [0, 0.1) is 0 Å². The number of hydrogen-bond acceptors (Lipinski definition) is 4. The highest BCUT2D eigenvalue weighted by atomic mass is 16.2. The first kappa shape index (κ1) is 14.2. The van der Waals surface area contributed by atoms with Gasteiger partial charge in [0.05, 0.1) is 5.69 Å². The summed E-state index contributed by atoms with van der Waals surface area (Å²) < 4.78 is 1.57. The van der Waals surface area contributed by atoms with Crippen molar-refractivity contribution in [2.75, 3.05) is 13.1 Å². The third-order valence-corrected chi connectivity index (χ3v) is 3.65. The Morgan fingerprint density at radius 3 is 2.86 bits per heavy atom. The number of para-hydroxylation sites is 1. The molecule has 7 heteroatoms. The number of hydrogen-bond donors (Lipinski definition) is 1. The number of benzene rings is 1. The monoisotopic (exact) mass is 299 g/mol. The first-order chi connectivity index (χ1) is 10.6. The zero-order valence-corrected chi connectivity index (χ0v) is 12.3. The summed E-state index contributed by atoms with van der Waals surface area (Å²) in [5.41, 5.74) is 0.842. The third kappa shape index (κ3) is 2.83. The van der Waals surface area contributed by atoms with E-state index in [0.29, 0.717) is 19.5 Å². The van der Waals surface area contributed by atoms with Crippen molar-refractivity contribution in [1.29, 1.82) is 0 Å². The summed E-state index contributed by atoms with van der Waals surface area (Å²) in [7, 11) is 0. The van der Waals surface area contributed by atoms with Crippen LogP contribution < -0.4 is 5.32 Å². The first-order valence-electron chi connectivity index (χ1n) is 7.20. The Hall–Kier alpha value is -2.70. The number of nitrogens with one attached hydrogen (secondary N) is 1. The first-order valence-corrected chi connectivity index (χ1v) is 7.20. The van der Waals surface area contributed by atoms with E-state index >= 15 is 0 Å². The number of rotatable bonds is 2. The van der Waals surface area contributed by atoms with Crippen molar-refractivity contribution in [1.82, 2.24) is 25.0 Å². The molecule has 2 amide bonds. The van der Waals surface area contributed by atoms with E-state index in [0.717, 1.165) is 5.69 Å². The fourth-order valence-corrected chi connectivity index (χ4v) is 2.48. The average Bonchev–Trinajstić information content (AvgIpc) is 2.95. The van der Waals surface area contributed by atoms with Gasteiger partial charge < -0.3 is 10.2 Å². The normalized spacial score (nSPS) is 18.7. The van der Waals surface area contributed by atoms with Gasteiger partial charge in [0.1, 0.15) is 6.33 Å². The van der Waals surface area contributed by atoms with Crippen LogP contribution in [0.5, 0.6) is 0 Å². The van der Waals surface area contributed by atoms with Gasteiger partial charge in [0, 0.05) is 25.6 Å². The molecule has 1 aromatic heterocycles. The molecule has 1 fully saturated rings. The number of nitrogens with zero attached hydrogens (tertiary/aromatic N) is 4.